The van der Waals surface area contributed by atoms with Crippen molar-refractivity contribution in [2.24, 2.45) is 5.92 Å². The van der Waals surface area contributed by atoms with Crippen molar-refractivity contribution in [1.82, 2.24) is 14.8 Å². The molecule has 0 spiro atoms. The van der Waals surface area contributed by atoms with Crippen LogP contribution in [0.5, 0.6) is 0 Å². The number of carbonyl (C=O) groups is 1. The fraction of sp³-hybridized carbons (Fsp3) is 0.600. The van der Waals surface area contributed by atoms with Crippen LogP contribution in [0.2, 0.25) is 0 Å². The van der Waals surface area contributed by atoms with Crippen LogP contribution in [0.15, 0.2) is 5.38 Å². The van der Waals surface area contributed by atoms with Crippen LogP contribution in [-0.2, 0) is 11.3 Å². The number of terminal acetylenes is 1. The number of aromatic nitrogens is 1. The molecular weight excluding hydrogens is 270 g/mol. The highest BCUT2D eigenvalue weighted by Gasteiger charge is 2.27. The zero-order chi connectivity index (χ0) is 14.5. The average Bonchev–Trinajstić information content (AvgIpc) is 2.84. The number of carbonyl (C=O) groups excluding carboxylic acids is 1. The molecule has 0 aliphatic carbocycles. The predicted octanol–water partition coefficient (Wildman–Crippen LogP) is 1.76. The van der Waals surface area contributed by atoms with Gasteiger partial charge in [0.05, 0.1) is 23.8 Å². The summed E-state index contributed by atoms with van der Waals surface area (Å²) in [6.07, 6.45) is 7.12. The van der Waals surface area contributed by atoms with Crippen LogP contribution >= 0.6 is 11.3 Å². The van der Waals surface area contributed by atoms with E-state index in [0.717, 1.165) is 36.6 Å². The molecule has 1 amide bonds. The predicted molar refractivity (Wildman–Crippen MR) is 81.3 cm³/mol. The van der Waals surface area contributed by atoms with Gasteiger partial charge in [0.1, 0.15) is 0 Å². The molecule has 108 valence electrons. The van der Waals surface area contributed by atoms with E-state index in [2.05, 4.69) is 15.8 Å². The van der Waals surface area contributed by atoms with Crippen LogP contribution in [0.1, 0.15) is 23.5 Å². The summed E-state index contributed by atoms with van der Waals surface area (Å²) >= 11 is 1.62. The van der Waals surface area contributed by atoms with Crippen molar-refractivity contribution in [3.63, 3.8) is 0 Å². The number of thiazole rings is 1. The van der Waals surface area contributed by atoms with Crippen LogP contribution in [0.25, 0.3) is 0 Å². The molecule has 0 radical (unpaired) electrons. The van der Waals surface area contributed by atoms with Crippen LogP contribution in [0, 0.1) is 25.2 Å². The summed E-state index contributed by atoms with van der Waals surface area (Å²) in [7, 11) is 1.87. The van der Waals surface area contributed by atoms with E-state index in [1.807, 2.05) is 19.4 Å². The molecule has 0 aromatic carbocycles. The van der Waals surface area contributed by atoms with Gasteiger partial charge in [0.15, 0.2) is 0 Å². The molecule has 0 N–H and O–H groups in total. The Hall–Kier alpha value is -1.38. The van der Waals surface area contributed by atoms with Gasteiger partial charge in [0.25, 0.3) is 0 Å². The Balaban J connectivity index is 1.84. The lowest BCUT2D eigenvalue weighted by Crippen LogP contribution is -2.41. The van der Waals surface area contributed by atoms with E-state index in [4.69, 9.17) is 6.42 Å². The summed E-state index contributed by atoms with van der Waals surface area (Å²) in [4.78, 5) is 20.9. The summed E-state index contributed by atoms with van der Waals surface area (Å²) in [5.41, 5.74) is 0.980. The highest BCUT2D eigenvalue weighted by atomic mass is 32.1. The van der Waals surface area contributed by atoms with Gasteiger partial charge in [-0.2, -0.15) is 0 Å². The molecule has 1 saturated heterocycles. The summed E-state index contributed by atoms with van der Waals surface area (Å²) in [5, 5.41) is 3.07. The number of hydrogen-bond acceptors (Lipinski definition) is 4. The van der Waals surface area contributed by atoms with Gasteiger partial charge < -0.3 is 4.90 Å². The van der Waals surface area contributed by atoms with Crippen molar-refractivity contribution >= 4 is 17.2 Å². The van der Waals surface area contributed by atoms with Crippen molar-refractivity contribution in [2.45, 2.75) is 26.3 Å². The highest BCUT2D eigenvalue weighted by Crippen LogP contribution is 2.20. The first-order valence-electron chi connectivity index (χ1n) is 6.92. The highest BCUT2D eigenvalue weighted by molar-refractivity contribution is 7.09. The number of amides is 1. The number of nitrogens with zero attached hydrogens (tertiary/aromatic N) is 3. The van der Waals surface area contributed by atoms with E-state index in [9.17, 15) is 4.79 Å². The molecule has 0 unspecified atom stereocenters. The SMILES string of the molecule is C#CCN1CCC(C(=O)N(C)Cc2csc(C)n2)CC1. The van der Waals surface area contributed by atoms with E-state index >= 15 is 0 Å². The molecule has 4 nitrogen and oxygen atoms in total. The van der Waals surface area contributed by atoms with Crippen molar-refractivity contribution in [1.29, 1.82) is 0 Å². The summed E-state index contributed by atoms with van der Waals surface area (Å²) in [6.45, 7) is 5.12. The number of piperidine rings is 1. The zero-order valence-corrected chi connectivity index (χ0v) is 12.9. The van der Waals surface area contributed by atoms with E-state index in [1.165, 1.54) is 0 Å². The average molecular weight is 291 g/mol. The molecule has 1 aliphatic rings. The topological polar surface area (TPSA) is 36.4 Å². The lowest BCUT2D eigenvalue weighted by Gasteiger charge is -2.32. The Bertz CT molecular complexity index is 497. The number of likely N-dealkylation sites (tertiary alicyclic amines) is 1. The van der Waals surface area contributed by atoms with Gasteiger partial charge in [0.2, 0.25) is 5.91 Å². The van der Waals surface area contributed by atoms with E-state index in [0.29, 0.717) is 13.1 Å². The standard InChI is InChI=1S/C15H21N3OS/c1-4-7-18-8-5-13(6-9-18)15(19)17(3)10-14-11-20-12(2)16-14/h1,11,13H,5-10H2,2-3H3. The quantitative estimate of drug-likeness (QED) is 0.793. The van der Waals surface area contributed by atoms with Gasteiger partial charge in [-0.15, -0.1) is 17.8 Å². The van der Waals surface area contributed by atoms with Gasteiger partial charge in [-0.3, -0.25) is 9.69 Å². The second kappa shape index (κ2) is 6.87. The number of rotatable bonds is 4. The molecule has 1 fully saturated rings. The van der Waals surface area contributed by atoms with Crippen molar-refractivity contribution < 1.29 is 4.79 Å². The Labute approximate surface area is 124 Å². The third kappa shape index (κ3) is 3.81. The zero-order valence-electron chi connectivity index (χ0n) is 12.1. The van der Waals surface area contributed by atoms with E-state index in [-0.39, 0.29) is 11.8 Å². The molecular formula is C15H21N3OS. The monoisotopic (exact) mass is 291 g/mol. The molecule has 1 aromatic rings. The summed E-state index contributed by atoms with van der Waals surface area (Å²) in [5.74, 6) is 3.03. The van der Waals surface area contributed by atoms with Gasteiger partial charge in [-0.1, -0.05) is 5.92 Å². The normalized spacial score (nSPS) is 16.9. The lowest BCUT2D eigenvalue weighted by atomic mass is 9.95. The van der Waals surface area contributed by atoms with Crippen LogP contribution < -0.4 is 0 Å². The van der Waals surface area contributed by atoms with Crippen LogP contribution in [0.3, 0.4) is 0 Å². The maximum absolute atomic E-state index is 12.4. The molecule has 0 bridgehead atoms. The second-order valence-corrected chi connectivity index (χ2v) is 6.37. The molecule has 20 heavy (non-hydrogen) atoms. The molecule has 1 aliphatic heterocycles. The van der Waals surface area contributed by atoms with Crippen LogP contribution in [0.4, 0.5) is 0 Å². The molecule has 2 rings (SSSR count). The first kappa shape index (κ1) is 15.0. The van der Waals surface area contributed by atoms with Gasteiger partial charge in [-0.05, 0) is 32.9 Å². The number of aryl methyl sites for hydroxylation is 1. The first-order chi connectivity index (χ1) is 9.60. The third-order valence-corrected chi connectivity index (χ3v) is 4.52. The number of hydrogen-bond donors (Lipinski definition) is 0. The maximum Gasteiger partial charge on any atom is 0.225 e. The van der Waals surface area contributed by atoms with Crippen LogP contribution in [-0.4, -0.2) is 47.4 Å². The van der Waals surface area contributed by atoms with Gasteiger partial charge in [-0.25, -0.2) is 4.98 Å². The molecule has 0 saturated carbocycles. The largest absolute Gasteiger partial charge is 0.340 e. The van der Waals surface area contributed by atoms with Gasteiger partial charge in [0, 0.05) is 18.3 Å². The minimum absolute atomic E-state index is 0.133. The Morgan fingerprint density at radius 2 is 2.30 bits per heavy atom. The van der Waals surface area contributed by atoms with E-state index in [1.54, 1.807) is 16.2 Å². The lowest BCUT2D eigenvalue weighted by molar-refractivity contribution is -0.136. The fourth-order valence-electron chi connectivity index (χ4n) is 2.58. The first-order valence-corrected chi connectivity index (χ1v) is 7.80. The Kier molecular flexibility index (Phi) is 5.16. The van der Waals surface area contributed by atoms with E-state index < -0.39 is 0 Å². The minimum atomic E-state index is 0.133. The summed E-state index contributed by atoms with van der Waals surface area (Å²) < 4.78 is 0. The molecule has 1 aromatic heterocycles. The minimum Gasteiger partial charge on any atom is -0.340 e. The molecule has 2 heterocycles. The molecule has 0 atom stereocenters. The van der Waals surface area contributed by atoms with Crippen molar-refractivity contribution in [3.8, 4) is 12.3 Å². The smallest absolute Gasteiger partial charge is 0.225 e. The maximum atomic E-state index is 12.4. The van der Waals surface area contributed by atoms with Crippen molar-refractivity contribution in [3.05, 3.63) is 16.1 Å². The Morgan fingerprint density at radius 3 is 2.85 bits per heavy atom. The van der Waals surface area contributed by atoms with Gasteiger partial charge >= 0.3 is 0 Å². The molecule has 5 heteroatoms. The Morgan fingerprint density at radius 1 is 1.60 bits per heavy atom. The third-order valence-electron chi connectivity index (χ3n) is 3.69. The fourth-order valence-corrected chi connectivity index (χ4v) is 3.18. The van der Waals surface area contributed by atoms with Crippen molar-refractivity contribution in [2.75, 3.05) is 26.7 Å². The summed E-state index contributed by atoms with van der Waals surface area (Å²) in [6, 6.07) is 0. The second-order valence-electron chi connectivity index (χ2n) is 5.31.